The molecule has 1 saturated heterocycles. The van der Waals surface area contributed by atoms with Gasteiger partial charge in [-0.15, -0.1) is 11.3 Å². The predicted octanol–water partition coefficient (Wildman–Crippen LogP) is 4.02. The Hall–Kier alpha value is -2.71. The van der Waals surface area contributed by atoms with Gasteiger partial charge in [0.2, 0.25) is 11.9 Å². The van der Waals surface area contributed by atoms with Gasteiger partial charge in [-0.25, -0.2) is 4.98 Å². The molecular weight excluding hydrogens is 412 g/mol. The quantitative estimate of drug-likeness (QED) is 0.537. The SMILES string of the molecule is CCOCCCn1c(NC(=O)C2CCN(C(=O)c3cccs3)CC2)nc2ccccc21. The predicted molar refractivity (Wildman–Crippen MR) is 122 cm³/mol. The number of benzene rings is 1. The van der Waals surface area contributed by atoms with Crippen LogP contribution in [0, 0.1) is 5.92 Å². The Labute approximate surface area is 186 Å². The van der Waals surface area contributed by atoms with Crippen LogP contribution in [0.3, 0.4) is 0 Å². The molecule has 7 nitrogen and oxygen atoms in total. The molecule has 1 aliphatic rings. The first-order valence-electron chi connectivity index (χ1n) is 10.8. The maximum Gasteiger partial charge on any atom is 0.263 e. The van der Waals surface area contributed by atoms with Crippen LogP contribution >= 0.6 is 11.3 Å². The Balaban J connectivity index is 1.40. The molecule has 1 N–H and O–H groups in total. The van der Waals surface area contributed by atoms with E-state index in [0.29, 0.717) is 45.1 Å². The summed E-state index contributed by atoms with van der Waals surface area (Å²) < 4.78 is 7.52. The number of ether oxygens (including phenoxy) is 1. The van der Waals surface area contributed by atoms with Gasteiger partial charge in [0.15, 0.2) is 0 Å². The van der Waals surface area contributed by atoms with Gasteiger partial charge in [-0.2, -0.15) is 0 Å². The van der Waals surface area contributed by atoms with Crippen LogP contribution in [-0.4, -0.2) is 52.6 Å². The number of hydrogen-bond donors (Lipinski definition) is 1. The number of carbonyl (C=O) groups is 2. The molecule has 1 aliphatic heterocycles. The number of aryl methyl sites for hydroxylation is 1. The Morgan fingerprint density at radius 2 is 2.00 bits per heavy atom. The Bertz CT molecular complexity index is 1020. The molecule has 4 rings (SSSR count). The summed E-state index contributed by atoms with van der Waals surface area (Å²) in [6.07, 6.45) is 2.17. The van der Waals surface area contributed by atoms with Crippen LogP contribution in [0.4, 0.5) is 5.95 Å². The zero-order valence-corrected chi connectivity index (χ0v) is 18.6. The molecule has 1 aromatic carbocycles. The number of fused-ring (bicyclic) bond motifs is 1. The normalized spacial score (nSPS) is 14.8. The van der Waals surface area contributed by atoms with Gasteiger partial charge in [-0.1, -0.05) is 18.2 Å². The lowest BCUT2D eigenvalue weighted by atomic mass is 9.96. The lowest BCUT2D eigenvalue weighted by Gasteiger charge is -2.31. The molecule has 0 unspecified atom stereocenters. The van der Waals surface area contributed by atoms with E-state index in [0.717, 1.165) is 28.9 Å². The molecule has 0 spiro atoms. The summed E-state index contributed by atoms with van der Waals surface area (Å²) in [6, 6.07) is 11.6. The van der Waals surface area contributed by atoms with Crippen molar-refractivity contribution >= 4 is 40.1 Å². The molecule has 164 valence electrons. The van der Waals surface area contributed by atoms with E-state index in [1.807, 2.05) is 53.6 Å². The highest BCUT2D eigenvalue weighted by molar-refractivity contribution is 7.12. The van der Waals surface area contributed by atoms with E-state index in [4.69, 9.17) is 4.74 Å². The number of imidazole rings is 1. The molecule has 0 bridgehead atoms. The average Bonchev–Trinajstić information content (AvgIpc) is 3.45. The molecule has 2 amide bonds. The minimum absolute atomic E-state index is 0.0235. The van der Waals surface area contributed by atoms with Crippen LogP contribution in [0.15, 0.2) is 41.8 Å². The number of amides is 2. The Morgan fingerprint density at radius 3 is 2.74 bits per heavy atom. The van der Waals surface area contributed by atoms with Crippen molar-refractivity contribution in [3.63, 3.8) is 0 Å². The maximum absolute atomic E-state index is 13.0. The molecule has 3 heterocycles. The molecule has 1 fully saturated rings. The average molecular weight is 441 g/mol. The Morgan fingerprint density at radius 1 is 1.19 bits per heavy atom. The van der Waals surface area contributed by atoms with E-state index in [1.165, 1.54) is 11.3 Å². The van der Waals surface area contributed by atoms with E-state index in [1.54, 1.807) is 0 Å². The first-order chi connectivity index (χ1) is 15.2. The van der Waals surface area contributed by atoms with Crippen LogP contribution in [0.2, 0.25) is 0 Å². The summed E-state index contributed by atoms with van der Waals surface area (Å²) in [5, 5.41) is 4.96. The van der Waals surface area contributed by atoms with Gasteiger partial charge in [0.05, 0.1) is 15.9 Å². The van der Waals surface area contributed by atoms with Crippen molar-refractivity contribution in [2.24, 2.45) is 5.92 Å². The summed E-state index contributed by atoms with van der Waals surface area (Å²) in [7, 11) is 0. The third kappa shape index (κ3) is 4.97. The van der Waals surface area contributed by atoms with Gasteiger partial charge in [0.25, 0.3) is 5.91 Å². The summed E-state index contributed by atoms with van der Waals surface area (Å²) in [5.41, 5.74) is 1.87. The number of aromatic nitrogens is 2. The summed E-state index contributed by atoms with van der Waals surface area (Å²) in [6.45, 7) is 5.27. The fraction of sp³-hybridized carbons (Fsp3) is 0.435. The highest BCUT2D eigenvalue weighted by Gasteiger charge is 2.29. The minimum atomic E-state index is -0.121. The highest BCUT2D eigenvalue weighted by Crippen LogP contribution is 2.24. The molecule has 0 saturated carbocycles. The number of nitrogens with zero attached hydrogens (tertiary/aromatic N) is 3. The molecule has 8 heteroatoms. The van der Waals surface area contributed by atoms with Crippen LogP contribution in [-0.2, 0) is 16.1 Å². The Kier molecular flexibility index (Phi) is 6.99. The molecular formula is C23H28N4O3S. The summed E-state index contributed by atoms with van der Waals surface area (Å²) >= 11 is 1.46. The summed E-state index contributed by atoms with van der Waals surface area (Å²) in [5.74, 6) is 0.499. The number of thiophene rings is 1. The first-order valence-corrected chi connectivity index (χ1v) is 11.7. The lowest BCUT2D eigenvalue weighted by molar-refractivity contribution is -0.121. The maximum atomic E-state index is 13.0. The van der Waals surface area contributed by atoms with Crippen LogP contribution in [0.5, 0.6) is 0 Å². The second kappa shape index (κ2) is 10.1. The number of para-hydroxylation sites is 2. The molecule has 3 aromatic rings. The number of hydrogen-bond acceptors (Lipinski definition) is 5. The fourth-order valence-electron chi connectivity index (χ4n) is 3.98. The zero-order valence-electron chi connectivity index (χ0n) is 17.8. The second-order valence-electron chi connectivity index (χ2n) is 7.66. The van der Waals surface area contributed by atoms with E-state index in [2.05, 4.69) is 14.9 Å². The molecule has 0 atom stereocenters. The van der Waals surface area contributed by atoms with Gasteiger partial charge in [0.1, 0.15) is 0 Å². The minimum Gasteiger partial charge on any atom is -0.382 e. The van der Waals surface area contributed by atoms with Gasteiger partial charge < -0.3 is 14.2 Å². The van der Waals surface area contributed by atoms with Gasteiger partial charge in [-0.3, -0.25) is 14.9 Å². The lowest BCUT2D eigenvalue weighted by Crippen LogP contribution is -2.41. The van der Waals surface area contributed by atoms with Crippen molar-refractivity contribution in [2.75, 3.05) is 31.6 Å². The van der Waals surface area contributed by atoms with Crippen LogP contribution in [0.25, 0.3) is 11.0 Å². The van der Waals surface area contributed by atoms with Crippen molar-refractivity contribution in [1.29, 1.82) is 0 Å². The zero-order chi connectivity index (χ0) is 21.6. The van der Waals surface area contributed by atoms with Gasteiger partial charge >= 0.3 is 0 Å². The standard InChI is InChI=1S/C23H28N4O3S/c1-2-30-15-6-12-27-19-8-4-3-7-18(19)24-23(27)25-21(28)17-10-13-26(14-11-17)22(29)20-9-5-16-31-20/h3-5,7-9,16-17H,2,6,10-15H2,1H3,(H,24,25,28). The first kappa shape index (κ1) is 21.5. The largest absolute Gasteiger partial charge is 0.382 e. The van der Waals surface area contributed by atoms with Crippen molar-refractivity contribution < 1.29 is 14.3 Å². The van der Waals surface area contributed by atoms with Crippen LogP contribution in [0.1, 0.15) is 35.9 Å². The monoisotopic (exact) mass is 440 g/mol. The van der Waals surface area contributed by atoms with Crippen molar-refractivity contribution in [1.82, 2.24) is 14.5 Å². The number of anilines is 1. The van der Waals surface area contributed by atoms with E-state index < -0.39 is 0 Å². The number of carbonyl (C=O) groups excluding carboxylic acids is 2. The van der Waals surface area contributed by atoms with Gasteiger partial charge in [-0.05, 0) is 49.8 Å². The number of piperidine rings is 1. The fourth-order valence-corrected chi connectivity index (χ4v) is 4.67. The molecule has 2 aromatic heterocycles. The summed E-state index contributed by atoms with van der Waals surface area (Å²) in [4.78, 5) is 32.8. The number of nitrogens with one attached hydrogen (secondary N) is 1. The van der Waals surface area contributed by atoms with E-state index in [9.17, 15) is 9.59 Å². The van der Waals surface area contributed by atoms with Crippen molar-refractivity contribution in [3.8, 4) is 0 Å². The number of likely N-dealkylation sites (tertiary alicyclic amines) is 1. The molecule has 31 heavy (non-hydrogen) atoms. The molecule has 0 aliphatic carbocycles. The smallest absolute Gasteiger partial charge is 0.263 e. The second-order valence-corrected chi connectivity index (χ2v) is 8.61. The van der Waals surface area contributed by atoms with Crippen molar-refractivity contribution in [3.05, 3.63) is 46.7 Å². The molecule has 0 radical (unpaired) electrons. The van der Waals surface area contributed by atoms with E-state index >= 15 is 0 Å². The van der Waals surface area contributed by atoms with Crippen molar-refractivity contribution in [2.45, 2.75) is 32.7 Å². The topological polar surface area (TPSA) is 76.5 Å². The third-order valence-corrected chi connectivity index (χ3v) is 6.51. The van der Waals surface area contributed by atoms with E-state index in [-0.39, 0.29) is 17.7 Å². The van der Waals surface area contributed by atoms with Crippen LogP contribution < -0.4 is 5.32 Å². The third-order valence-electron chi connectivity index (χ3n) is 5.65. The highest BCUT2D eigenvalue weighted by atomic mass is 32.1. The number of rotatable bonds is 8. The van der Waals surface area contributed by atoms with Gasteiger partial charge in [0, 0.05) is 38.8 Å².